The van der Waals surface area contributed by atoms with Crippen LogP contribution in [0.2, 0.25) is 0 Å². The molecule has 110 valence electrons. The van der Waals surface area contributed by atoms with Crippen LogP contribution < -0.4 is 10.6 Å². The van der Waals surface area contributed by atoms with Gasteiger partial charge in [-0.1, -0.05) is 34.1 Å². The van der Waals surface area contributed by atoms with E-state index in [1.54, 1.807) is 11.8 Å². The summed E-state index contributed by atoms with van der Waals surface area (Å²) >= 11 is 5.05. The minimum Gasteiger partial charge on any atom is -0.384 e. The molecule has 0 aliphatic rings. The summed E-state index contributed by atoms with van der Waals surface area (Å²) in [4.78, 5) is 3.15. The summed E-state index contributed by atoms with van der Waals surface area (Å²) in [6.07, 6.45) is 2.00. The second-order valence-corrected chi connectivity index (χ2v) is 6.51. The Hall–Kier alpha value is -1.46. The Bertz CT molecular complexity index is 640. The van der Waals surface area contributed by atoms with Crippen molar-refractivity contribution in [2.45, 2.75) is 11.4 Å². The Kier molecular flexibility index (Phi) is 5.31. The van der Waals surface area contributed by atoms with Crippen molar-refractivity contribution in [3.05, 3.63) is 58.1 Å². The third-order valence-electron chi connectivity index (χ3n) is 3.24. The fourth-order valence-electron chi connectivity index (χ4n) is 2.23. The molecule has 0 amide bonds. The van der Waals surface area contributed by atoms with E-state index < -0.39 is 0 Å². The van der Waals surface area contributed by atoms with Crippen LogP contribution in [0.15, 0.2) is 51.8 Å². The van der Waals surface area contributed by atoms with Crippen molar-refractivity contribution in [1.29, 1.82) is 5.41 Å². The van der Waals surface area contributed by atoms with Gasteiger partial charge in [0.15, 0.2) is 0 Å². The number of hydrogen-bond donors (Lipinski definition) is 2. The van der Waals surface area contributed by atoms with E-state index in [1.807, 2.05) is 43.6 Å². The molecule has 3 N–H and O–H groups in total. The van der Waals surface area contributed by atoms with E-state index in [0.29, 0.717) is 0 Å². The SMILES string of the molecule is CSc1cccc(N(C)Cc2ccc(Br)cc2)c1C(=N)N. The van der Waals surface area contributed by atoms with Gasteiger partial charge in [-0.05, 0) is 36.1 Å². The van der Waals surface area contributed by atoms with Crippen molar-refractivity contribution >= 4 is 39.2 Å². The number of rotatable bonds is 5. The first-order valence-electron chi connectivity index (χ1n) is 6.50. The number of anilines is 1. The monoisotopic (exact) mass is 363 g/mol. The van der Waals surface area contributed by atoms with Crippen LogP contribution in [-0.4, -0.2) is 19.1 Å². The first-order valence-corrected chi connectivity index (χ1v) is 8.51. The van der Waals surface area contributed by atoms with Crippen LogP contribution >= 0.6 is 27.7 Å². The average molecular weight is 364 g/mol. The Morgan fingerprint density at radius 2 is 1.90 bits per heavy atom. The lowest BCUT2D eigenvalue weighted by molar-refractivity contribution is 0.917. The van der Waals surface area contributed by atoms with Gasteiger partial charge < -0.3 is 10.6 Å². The molecule has 0 spiro atoms. The molecule has 2 aromatic rings. The number of halogens is 1. The molecule has 0 atom stereocenters. The third-order valence-corrected chi connectivity index (χ3v) is 4.55. The number of nitrogen functional groups attached to an aromatic ring is 1. The molecule has 0 fully saturated rings. The summed E-state index contributed by atoms with van der Waals surface area (Å²) in [6.45, 7) is 0.769. The Balaban J connectivity index is 2.32. The van der Waals surface area contributed by atoms with Crippen LogP contribution in [0, 0.1) is 5.41 Å². The molecule has 2 aromatic carbocycles. The Morgan fingerprint density at radius 1 is 1.24 bits per heavy atom. The molecule has 0 aromatic heterocycles. The highest BCUT2D eigenvalue weighted by molar-refractivity contribution is 9.10. The van der Waals surface area contributed by atoms with Gasteiger partial charge in [-0.25, -0.2) is 0 Å². The maximum absolute atomic E-state index is 7.85. The predicted octanol–water partition coefficient (Wildman–Crippen LogP) is 4.09. The van der Waals surface area contributed by atoms with Gasteiger partial charge in [0.25, 0.3) is 0 Å². The number of nitrogens with one attached hydrogen (secondary N) is 1. The molecule has 0 radical (unpaired) electrons. The topological polar surface area (TPSA) is 53.1 Å². The summed E-state index contributed by atoms with van der Waals surface area (Å²) in [5, 5.41) is 7.85. The molecule has 0 aliphatic carbocycles. The van der Waals surface area contributed by atoms with Gasteiger partial charge >= 0.3 is 0 Å². The molecule has 21 heavy (non-hydrogen) atoms. The number of amidine groups is 1. The van der Waals surface area contributed by atoms with Crippen molar-refractivity contribution in [1.82, 2.24) is 0 Å². The minimum absolute atomic E-state index is 0.109. The minimum atomic E-state index is 0.109. The zero-order chi connectivity index (χ0) is 15.4. The molecule has 3 nitrogen and oxygen atoms in total. The zero-order valence-electron chi connectivity index (χ0n) is 12.1. The van der Waals surface area contributed by atoms with Gasteiger partial charge in [0, 0.05) is 28.6 Å². The largest absolute Gasteiger partial charge is 0.384 e. The Labute approximate surface area is 138 Å². The maximum Gasteiger partial charge on any atom is 0.126 e. The smallest absolute Gasteiger partial charge is 0.126 e. The first-order chi connectivity index (χ1) is 10.0. The van der Waals surface area contributed by atoms with Crippen molar-refractivity contribution in [3.63, 3.8) is 0 Å². The van der Waals surface area contributed by atoms with Gasteiger partial charge in [0.1, 0.15) is 5.84 Å². The number of hydrogen-bond acceptors (Lipinski definition) is 3. The lowest BCUT2D eigenvalue weighted by Crippen LogP contribution is -2.22. The van der Waals surface area contributed by atoms with Crippen molar-refractivity contribution < 1.29 is 0 Å². The molecule has 0 aliphatic heterocycles. The normalized spacial score (nSPS) is 10.4. The molecule has 0 saturated heterocycles. The van der Waals surface area contributed by atoms with Crippen molar-refractivity contribution in [2.75, 3.05) is 18.2 Å². The second kappa shape index (κ2) is 7.00. The fourth-order valence-corrected chi connectivity index (χ4v) is 3.12. The molecule has 5 heteroatoms. The van der Waals surface area contributed by atoms with E-state index in [0.717, 1.165) is 27.2 Å². The van der Waals surface area contributed by atoms with Crippen LogP contribution in [0.25, 0.3) is 0 Å². The van der Waals surface area contributed by atoms with Gasteiger partial charge in [0.2, 0.25) is 0 Å². The lowest BCUT2D eigenvalue weighted by atomic mass is 10.1. The summed E-state index contributed by atoms with van der Waals surface area (Å²) in [6, 6.07) is 14.3. The van der Waals surface area contributed by atoms with E-state index in [2.05, 4.69) is 33.0 Å². The average Bonchev–Trinajstić information content (AvgIpc) is 2.48. The van der Waals surface area contributed by atoms with Gasteiger partial charge in [-0.2, -0.15) is 0 Å². The van der Waals surface area contributed by atoms with Crippen LogP contribution in [0.5, 0.6) is 0 Å². The molecule has 0 unspecified atom stereocenters. The molecular formula is C16H18BrN3S. The fraction of sp³-hybridized carbons (Fsp3) is 0.188. The van der Waals surface area contributed by atoms with Crippen LogP contribution in [0.3, 0.4) is 0 Å². The van der Waals surface area contributed by atoms with Crippen LogP contribution in [0.1, 0.15) is 11.1 Å². The summed E-state index contributed by atoms with van der Waals surface area (Å²) in [5.41, 5.74) is 8.79. The molecule has 2 rings (SSSR count). The molecule has 0 heterocycles. The van der Waals surface area contributed by atoms with E-state index in [9.17, 15) is 0 Å². The molecule has 0 bridgehead atoms. The highest BCUT2D eigenvalue weighted by atomic mass is 79.9. The quantitative estimate of drug-likeness (QED) is 0.477. The van der Waals surface area contributed by atoms with Gasteiger partial charge in [-0.15, -0.1) is 11.8 Å². The highest BCUT2D eigenvalue weighted by Gasteiger charge is 2.14. The van der Waals surface area contributed by atoms with Crippen molar-refractivity contribution in [2.24, 2.45) is 5.73 Å². The summed E-state index contributed by atoms with van der Waals surface area (Å²) in [5.74, 6) is 0.109. The van der Waals surface area contributed by atoms with Crippen LogP contribution in [0.4, 0.5) is 5.69 Å². The van der Waals surface area contributed by atoms with Gasteiger partial charge in [0.05, 0.1) is 5.56 Å². The summed E-state index contributed by atoms with van der Waals surface area (Å²) < 4.78 is 1.07. The number of thioether (sulfide) groups is 1. The standard InChI is InChI=1S/C16H18BrN3S/c1-20(10-11-6-8-12(17)9-7-11)13-4-3-5-14(21-2)15(13)16(18)19/h3-9H,10H2,1-2H3,(H3,18,19). The number of nitrogens with two attached hydrogens (primary N) is 1. The zero-order valence-corrected chi connectivity index (χ0v) is 14.5. The van der Waals surface area contributed by atoms with E-state index in [1.165, 1.54) is 5.56 Å². The second-order valence-electron chi connectivity index (χ2n) is 4.75. The maximum atomic E-state index is 7.85. The van der Waals surface area contributed by atoms with Crippen LogP contribution in [-0.2, 0) is 6.54 Å². The first kappa shape index (κ1) is 15.9. The summed E-state index contributed by atoms with van der Waals surface area (Å²) in [7, 11) is 2.02. The third kappa shape index (κ3) is 3.80. The lowest BCUT2D eigenvalue weighted by Gasteiger charge is -2.23. The van der Waals surface area contributed by atoms with Crippen molar-refractivity contribution in [3.8, 4) is 0 Å². The van der Waals surface area contributed by atoms with E-state index >= 15 is 0 Å². The van der Waals surface area contributed by atoms with Gasteiger partial charge in [-0.3, -0.25) is 5.41 Å². The highest BCUT2D eigenvalue weighted by Crippen LogP contribution is 2.29. The number of benzene rings is 2. The predicted molar refractivity (Wildman–Crippen MR) is 95.5 cm³/mol. The van der Waals surface area contributed by atoms with E-state index in [-0.39, 0.29) is 5.84 Å². The Morgan fingerprint density at radius 3 is 2.48 bits per heavy atom. The van der Waals surface area contributed by atoms with E-state index in [4.69, 9.17) is 11.1 Å². The molecular weight excluding hydrogens is 346 g/mol. The molecule has 0 saturated carbocycles. The number of nitrogens with zero attached hydrogens (tertiary/aromatic N) is 1.